The molecule has 1 aliphatic carbocycles. The molecule has 1 atom stereocenters. The van der Waals surface area contributed by atoms with Gasteiger partial charge < -0.3 is 14.6 Å². The number of aliphatic hydroxyl groups is 1. The summed E-state index contributed by atoms with van der Waals surface area (Å²) in [6.45, 7) is 5.46. The smallest absolute Gasteiger partial charge is 0.247 e. The Morgan fingerprint density at radius 1 is 1.37 bits per heavy atom. The highest BCUT2D eigenvalue weighted by Crippen LogP contribution is 2.35. The molecule has 0 spiro atoms. The van der Waals surface area contributed by atoms with Crippen LogP contribution >= 0.6 is 0 Å². The third kappa shape index (κ3) is 3.12. The van der Waals surface area contributed by atoms with E-state index in [1.807, 2.05) is 13.8 Å². The van der Waals surface area contributed by atoms with E-state index < -0.39 is 11.9 Å². The zero-order valence-corrected chi connectivity index (χ0v) is 15.2. The van der Waals surface area contributed by atoms with E-state index in [0.717, 1.165) is 11.3 Å². The van der Waals surface area contributed by atoms with Gasteiger partial charge in [0, 0.05) is 23.3 Å². The predicted molar refractivity (Wildman–Crippen MR) is 97.6 cm³/mol. The molecule has 0 unspecified atom stereocenters. The molecule has 0 bridgehead atoms. The van der Waals surface area contributed by atoms with Crippen LogP contribution in [0.15, 0.2) is 52.5 Å². The number of aliphatic hydroxyl groups excluding tert-OH is 1. The molecule has 4 rings (SSSR count). The molecule has 1 N–H and O–H groups in total. The van der Waals surface area contributed by atoms with Crippen molar-refractivity contribution in [2.24, 2.45) is 4.99 Å². The van der Waals surface area contributed by atoms with Crippen molar-refractivity contribution in [2.75, 3.05) is 6.61 Å². The van der Waals surface area contributed by atoms with Crippen molar-refractivity contribution in [1.82, 2.24) is 14.6 Å². The van der Waals surface area contributed by atoms with Crippen LogP contribution in [0.4, 0.5) is 4.39 Å². The summed E-state index contributed by atoms with van der Waals surface area (Å²) in [4.78, 5) is 8.49. The summed E-state index contributed by atoms with van der Waals surface area (Å²) < 4.78 is 27.8. The highest BCUT2D eigenvalue weighted by Gasteiger charge is 2.26. The Morgan fingerprint density at radius 2 is 2.19 bits per heavy atom. The predicted octanol–water partition coefficient (Wildman–Crippen LogP) is 3.05. The average molecular weight is 370 g/mol. The maximum Gasteiger partial charge on any atom is 0.247 e. The number of aliphatic imine (C=N–C) groups is 1. The lowest BCUT2D eigenvalue weighted by molar-refractivity contribution is 0.122. The maximum absolute atomic E-state index is 14.8. The quantitative estimate of drug-likeness (QED) is 0.875. The summed E-state index contributed by atoms with van der Waals surface area (Å²) in [5, 5.41) is 13.6. The molecular weight excluding hydrogens is 351 g/mol. The Labute approximate surface area is 155 Å². The SMILES string of the molecule is CC1=CC2=C(F)C(Oc3ncnn4cc(OC[C@H](C)O)c(C)c34)=CCC2=N1. The van der Waals surface area contributed by atoms with E-state index in [0.29, 0.717) is 29.0 Å². The molecule has 0 saturated heterocycles. The van der Waals surface area contributed by atoms with Crippen LogP contribution in [0, 0.1) is 6.92 Å². The minimum Gasteiger partial charge on any atom is -0.489 e. The van der Waals surface area contributed by atoms with Gasteiger partial charge in [0.15, 0.2) is 11.6 Å². The van der Waals surface area contributed by atoms with E-state index in [1.165, 1.54) is 6.33 Å². The van der Waals surface area contributed by atoms with Crippen molar-refractivity contribution in [3.8, 4) is 11.6 Å². The molecule has 7 nitrogen and oxygen atoms in total. The molecule has 140 valence electrons. The summed E-state index contributed by atoms with van der Waals surface area (Å²) in [5.41, 5.74) is 3.27. The summed E-state index contributed by atoms with van der Waals surface area (Å²) in [6, 6.07) is 0. The molecule has 2 aromatic rings. The summed E-state index contributed by atoms with van der Waals surface area (Å²) in [5.74, 6) is 0.447. The molecule has 0 radical (unpaired) electrons. The Morgan fingerprint density at radius 3 is 2.96 bits per heavy atom. The van der Waals surface area contributed by atoms with Crippen LogP contribution in [0.5, 0.6) is 11.6 Å². The minimum atomic E-state index is -0.596. The second kappa shape index (κ2) is 6.62. The molecule has 0 fully saturated rings. The second-order valence-corrected chi connectivity index (χ2v) is 6.58. The Bertz CT molecular complexity index is 1050. The standard InChI is InChI=1S/C19H19FN4O3/c1-10-6-13-14(23-10)4-5-15(17(13)20)27-19-18-12(3)16(26-8-11(2)25)7-24(18)22-9-21-19/h5-7,9,11,25H,4,8H2,1-3H3/t11-/m0/s1. The van der Waals surface area contributed by atoms with Crippen LogP contribution in [0.3, 0.4) is 0 Å². The van der Waals surface area contributed by atoms with Crippen LogP contribution < -0.4 is 9.47 Å². The van der Waals surface area contributed by atoms with Gasteiger partial charge in [-0.15, -0.1) is 0 Å². The van der Waals surface area contributed by atoms with E-state index in [2.05, 4.69) is 15.1 Å². The van der Waals surface area contributed by atoms with Gasteiger partial charge in [-0.3, -0.25) is 4.99 Å². The van der Waals surface area contributed by atoms with Crippen LogP contribution in [-0.4, -0.2) is 38.1 Å². The molecule has 0 aromatic carbocycles. The third-order valence-corrected chi connectivity index (χ3v) is 4.34. The number of nitrogens with zero attached hydrogens (tertiary/aromatic N) is 4. The van der Waals surface area contributed by atoms with E-state index in [1.54, 1.807) is 29.8 Å². The number of aryl methyl sites for hydroxylation is 1. The molecule has 1 aliphatic heterocycles. The highest BCUT2D eigenvalue weighted by atomic mass is 19.1. The van der Waals surface area contributed by atoms with Gasteiger partial charge in [-0.05, 0) is 32.9 Å². The van der Waals surface area contributed by atoms with Crippen molar-refractivity contribution < 1.29 is 19.0 Å². The molecule has 0 amide bonds. The van der Waals surface area contributed by atoms with Crippen molar-refractivity contribution in [1.29, 1.82) is 0 Å². The van der Waals surface area contributed by atoms with Gasteiger partial charge >= 0.3 is 0 Å². The summed E-state index contributed by atoms with van der Waals surface area (Å²) in [6.07, 6.45) is 6.28. The monoisotopic (exact) mass is 370 g/mol. The van der Waals surface area contributed by atoms with E-state index in [9.17, 15) is 9.50 Å². The largest absolute Gasteiger partial charge is 0.489 e. The van der Waals surface area contributed by atoms with Crippen LogP contribution in [0.2, 0.25) is 0 Å². The van der Waals surface area contributed by atoms with Gasteiger partial charge in [0.25, 0.3) is 0 Å². The molecule has 2 aromatic heterocycles. The normalized spacial score (nSPS) is 17.4. The fourth-order valence-electron chi connectivity index (χ4n) is 3.08. The lowest BCUT2D eigenvalue weighted by Crippen LogP contribution is -2.12. The fraction of sp³-hybridized carbons (Fsp3) is 0.316. The number of halogens is 1. The lowest BCUT2D eigenvalue weighted by Gasteiger charge is -2.15. The summed E-state index contributed by atoms with van der Waals surface area (Å²) >= 11 is 0. The number of allylic oxidation sites excluding steroid dienone is 5. The number of fused-ring (bicyclic) bond motifs is 2. The zero-order valence-electron chi connectivity index (χ0n) is 15.2. The number of ether oxygens (including phenoxy) is 2. The van der Waals surface area contributed by atoms with Gasteiger partial charge in [0.05, 0.1) is 18.0 Å². The van der Waals surface area contributed by atoms with Gasteiger partial charge in [-0.1, -0.05) is 0 Å². The van der Waals surface area contributed by atoms with Crippen molar-refractivity contribution in [3.05, 3.63) is 53.1 Å². The number of hydrogen-bond acceptors (Lipinski definition) is 6. The van der Waals surface area contributed by atoms with Gasteiger partial charge in [0.2, 0.25) is 5.88 Å². The number of rotatable bonds is 5. The molecule has 2 aliphatic rings. The fourth-order valence-corrected chi connectivity index (χ4v) is 3.08. The van der Waals surface area contributed by atoms with Crippen molar-refractivity contribution in [3.63, 3.8) is 0 Å². The molecule has 8 heteroatoms. The minimum absolute atomic E-state index is 0.113. The molecule has 3 heterocycles. The Hall–Kier alpha value is -3.00. The van der Waals surface area contributed by atoms with Gasteiger partial charge in [-0.25, -0.2) is 8.91 Å². The number of aromatic nitrogens is 3. The van der Waals surface area contributed by atoms with E-state index in [-0.39, 0.29) is 18.2 Å². The highest BCUT2D eigenvalue weighted by molar-refractivity contribution is 6.08. The maximum atomic E-state index is 14.8. The lowest BCUT2D eigenvalue weighted by atomic mass is 10.0. The first kappa shape index (κ1) is 17.4. The zero-order chi connectivity index (χ0) is 19.1. The molecule has 0 saturated carbocycles. The van der Waals surface area contributed by atoms with E-state index >= 15 is 0 Å². The number of hydrogen-bond donors (Lipinski definition) is 1. The van der Waals surface area contributed by atoms with Gasteiger partial charge in [0.1, 0.15) is 24.2 Å². The van der Waals surface area contributed by atoms with Crippen LogP contribution in [0.1, 0.15) is 25.8 Å². The van der Waals surface area contributed by atoms with Crippen LogP contribution in [-0.2, 0) is 0 Å². The summed E-state index contributed by atoms with van der Waals surface area (Å²) in [7, 11) is 0. The Balaban J connectivity index is 1.68. The Kier molecular flexibility index (Phi) is 4.27. The van der Waals surface area contributed by atoms with Gasteiger partial charge in [-0.2, -0.15) is 10.1 Å². The second-order valence-electron chi connectivity index (χ2n) is 6.58. The average Bonchev–Trinajstić information content (AvgIpc) is 3.16. The first-order chi connectivity index (χ1) is 12.9. The third-order valence-electron chi connectivity index (χ3n) is 4.34. The first-order valence-corrected chi connectivity index (χ1v) is 8.62. The van der Waals surface area contributed by atoms with Crippen molar-refractivity contribution in [2.45, 2.75) is 33.3 Å². The first-order valence-electron chi connectivity index (χ1n) is 8.62. The topological polar surface area (TPSA) is 81.2 Å². The molecule has 27 heavy (non-hydrogen) atoms. The van der Waals surface area contributed by atoms with Crippen molar-refractivity contribution >= 4 is 11.2 Å². The van der Waals surface area contributed by atoms with E-state index in [4.69, 9.17) is 9.47 Å². The molecular formula is C19H19FN4O3. The van der Waals surface area contributed by atoms with Crippen LogP contribution in [0.25, 0.3) is 5.52 Å².